The number of hydrazine groups is 1. The van der Waals surface area contributed by atoms with Gasteiger partial charge in [0, 0.05) is 12.1 Å². The highest BCUT2D eigenvalue weighted by Crippen LogP contribution is 2.29. The molecule has 2 fully saturated rings. The minimum absolute atomic E-state index is 0.108. The van der Waals surface area contributed by atoms with E-state index in [1.807, 2.05) is 12.1 Å². The average molecular weight is 333 g/mol. The van der Waals surface area contributed by atoms with Gasteiger partial charge in [0.2, 0.25) is 5.91 Å². The van der Waals surface area contributed by atoms with Crippen LogP contribution in [0.3, 0.4) is 0 Å². The monoisotopic (exact) mass is 333 g/mol. The van der Waals surface area contributed by atoms with Crippen molar-refractivity contribution >= 4 is 5.91 Å². The van der Waals surface area contributed by atoms with Gasteiger partial charge >= 0.3 is 0 Å². The Bertz CT molecular complexity index is 548. The van der Waals surface area contributed by atoms with Crippen molar-refractivity contribution < 1.29 is 9.18 Å². The fraction of sp³-hybridized carbons (Fsp3) is 0.632. The average Bonchev–Trinajstić information content (AvgIpc) is 3.20. The van der Waals surface area contributed by atoms with Crippen molar-refractivity contribution in [1.82, 2.24) is 16.2 Å². The second-order valence-electron chi connectivity index (χ2n) is 7.20. The number of carbonyl (C=O) groups is 1. The van der Waals surface area contributed by atoms with E-state index in [9.17, 15) is 9.18 Å². The zero-order valence-electron chi connectivity index (χ0n) is 14.4. The molecule has 132 valence electrons. The van der Waals surface area contributed by atoms with Crippen molar-refractivity contribution in [3.05, 3.63) is 35.6 Å². The molecule has 0 radical (unpaired) electrons. The largest absolute Gasteiger partial charge is 0.352 e. The minimum Gasteiger partial charge on any atom is -0.352 e. The van der Waals surface area contributed by atoms with Gasteiger partial charge in [-0.05, 0) is 55.7 Å². The van der Waals surface area contributed by atoms with Gasteiger partial charge in [0.25, 0.3) is 0 Å². The van der Waals surface area contributed by atoms with Gasteiger partial charge in [0.1, 0.15) is 11.9 Å². The molecule has 0 aromatic heterocycles. The van der Waals surface area contributed by atoms with Crippen molar-refractivity contribution in [2.45, 2.75) is 70.0 Å². The van der Waals surface area contributed by atoms with E-state index < -0.39 is 0 Å². The van der Waals surface area contributed by atoms with Gasteiger partial charge in [-0.15, -0.1) is 0 Å². The van der Waals surface area contributed by atoms with Gasteiger partial charge in [-0.3, -0.25) is 10.2 Å². The standard InChI is InChI=1S/C19H28FN3O/c1-2-4-16-12-18(23-22-16)19(24)21-17-6-3-5-14(17)11-13-7-9-15(20)10-8-13/h7-10,14,16-18,22-23H,2-6,11-12H2,1H3,(H,21,24)/t14-,16?,17-,18?/m1/s1. The topological polar surface area (TPSA) is 53.2 Å². The Kier molecular flexibility index (Phi) is 5.85. The van der Waals surface area contributed by atoms with Gasteiger partial charge in [-0.25, -0.2) is 9.82 Å². The highest BCUT2D eigenvalue weighted by Gasteiger charge is 2.33. The molecular weight excluding hydrogens is 305 g/mol. The molecule has 2 aliphatic rings. The van der Waals surface area contributed by atoms with Crippen LogP contribution in [0.4, 0.5) is 4.39 Å². The molecule has 4 nitrogen and oxygen atoms in total. The zero-order chi connectivity index (χ0) is 16.9. The summed E-state index contributed by atoms with van der Waals surface area (Å²) in [5, 5.41) is 3.25. The summed E-state index contributed by atoms with van der Waals surface area (Å²) in [4.78, 5) is 12.5. The molecule has 5 heteroatoms. The number of hydrogen-bond acceptors (Lipinski definition) is 3. The molecule has 1 saturated heterocycles. The van der Waals surface area contributed by atoms with Crippen molar-refractivity contribution in [2.75, 3.05) is 0 Å². The van der Waals surface area contributed by atoms with Gasteiger partial charge in [-0.1, -0.05) is 31.9 Å². The molecule has 0 spiro atoms. The molecule has 4 atom stereocenters. The molecular formula is C19H28FN3O. The van der Waals surface area contributed by atoms with Crippen LogP contribution in [0.2, 0.25) is 0 Å². The van der Waals surface area contributed by atoms with Crippen LogP contribution in [-0.4, -0.2) is 24.0 Å². The number of hydrogen-bond donors (Lipinski definition) is 3. The second kappa shape index (κ2) is 8.08. The third-order valence-corrected chi connectivity index (χ3v) is 5.33. The summed E-state index contributed by atoms with van der Waals surface area (Å²) in [7, 11) is 0. The van der Waals surface area contributed by atoms with Crippen LogP contribution in [0.5, 0.6) is 0 Å². The van der Waals surface area contributed by atoms with E-state index in [-0.39, 0.29) is 23.8 Å². The Balaban J connectivity index is 1.52. The van der Waals surface area contributed by atoms with Crippen LogP contribution in [0.25, 0.3) is 0 Å². The van der Waals surface area contributed by atoms with E-state index in [0.29, 0.717) is 12.0 Å². The summed E-state index contributed by atoms with van der Waals surface area (Å²) in [6.45, 7) is 2.16. The van der Waals surface area contributed by atoms with Crippen molar-refractivity contribution in [3.63, 3.8) is 0 Å². The fourth-order valence-electron chi connectivity index (χ4n) is 4.01. The summed E-state index contributed by atoms with van der Waals surface area (Å²) in [6.07, 6.45) is 7.28. The van der Waals surface area contributed by atoms with Crippen LogP contribution in [-0.2, 0) is 11.2 Å². The quantitative estimate of drug-likeness (QED) is 0.750. The molecule has 1 aliphatic heterocycles. The van der Waals surface area contributed by atoms with Crippen molar-refractivity contribution in [2.24, 2.45) is 5.92 Å². The summed E-state index contributed by atoms with van der Waals surface area (Å²) < 4.78 is 13.0. The van der Waals surface area contributed by atoms with E-state index in [0.717, 1.165) is 50.5 Å². The third-order valence-electron chi connectivity index (χ3n) is 5.33. The Labute approximate surface area is 143 Å². The van der Waals surface area contributed by atoms with E-state index in [2.05, 4.69) is 23.1 Å². The summed E-state index contributed by atoms with van der Waals surface area (Å²) in [6, 6.07) is 7.22. The van der Waals surface area contributed by atoms with Crippen LogP contribution < -0.4 is 16.2 Å². The normalized spacial score (nSPS) is 29.8. The van der Waals surface area contributed by atoms with Crippen LogP contribution in [0.15, 0.2) is 24.3 Å². The Hall–Kier alpha value is -1.46. The summed E-state index contributed by atoms with van der Waals surface area (Å²) in [5.74, 6) is 0.355. The maximum atomic E-state index is 13.0. The highest BCUT2D eigenvalue weighted by atomic mass is 19.1. The number of halogens is 1. The number of rotatable bonds is 6. The first-order valence-electron chi connectivity index (χ1n) is 9.21. The van der Waals surface area contributed by atoms with Crippen LogP contribution >= 0.6 is 0 Å². The molecule has 1 aromatic carbocycles. The molecule has 1 aliphatic carbocycles. The van der Waals surface area contributed by atoms with Crippen molar-refractivity contribution in [3.8, 4) is 0 Å². The maximum absolute atomic E-state index is 13.0. The number of nitrogens with one attached hydrogen (secondary N) is 3. The predicted octanol–water partition coefficient (Wildman–Crippen LogP) is 2.69. The number of benzene rings is 1. The van der Waals surface area contributed by atoms with Crippen LogP contribution in [0.1, 0.15) is 51.0 Å². The lowest BCUT2D eigenvalue weighted by Crippen LogP contribution is -2.48. The van der Waals surface area contributed by atoms with Gasteiger partial charge in [0.15, 0.2) is 0 Å². The molecule has 1 saturated carbocycles. The van der Waals surface area contributed by atoms with Gasteiger partial charge < -0.3 is 5.32 Å². The molecule has 3 N–H and O–H groups in total. The predicted molar refractivity (Wildman–Crippen MR) is 92.7 cm³/mol. The Morgan fingerprint density at radius 3 is 2.79 bits per heavy atom. The fourth-order valence-corrected chi connectivity index (χ4v) is 4.01. The second-order valence-corrected chi connectivity index (χ2v) is 7.20. The SMILES string of the molecule is CCCC1CC(C(=O)N[C@@H]2CCC[C@@H]2Cc2ccc(F)cc2)NN1. The third kappa shape index (κ3) is 4.33. The lowest BCUT2D eigenvalue weighted by atomic mass is 9.94. The minimum atomic E-state index is -0.198. The number of amides is 1. The molecule has 1 amide bonds. The first-order valence-corrected chi connectivity index (χ1v) is 9.21. The lowest BCUT2D eigenvalue weighted by Gasteiger charge is -2.23. The smallest absolute Gasteiger partial charge is 0.238 e. The molecule has 1 aromatic rings. The van der Waals surface area contributed by atoms with E-state index in [4.69, 9.17) is 0 Å². The molecule has 3 rings (SSSR count). The maximum Gasteiger partial charge on any atom is 0.238 e. The lowest BCUT2D eigenvalue weighted by molar-refractivity contribution is -0.123. The molecule has 2 unspecified atom stereocenters. The van der Waals surface area contributed by atoms with Gasteiger partial charge in [0.05, 0.1) is 0 Å². The summed E-state index contributed by atoms with van der Waals surface area (Å²) in [5.41, 5.74) is 7.50. The molecule has 24 heavy (non-hydrogen) atoms. The van der Waals surface area contributed by atoms with Gasteiger partial charge in [-0.2, -0.15) is 0 Å². The Morgan fingerprint density at radius 2 is 2.04 bits per heavy atom. The van der Waals surface area contributed by atoms with E-state index in [1.54, 1.807) is 0 Å². The zero-order valence-corrected chi connectivity index (χ0v) is 14.4. The first kappa shape index (κ1) is 17.4. The summed E-state index contributed by atoms with van der Waals surface area (Å²) >= 11 is 0. The van der Waals surface area contributed by atoms with Crippen molar-refractivity contribution in [1.29, 1.82) is 0 Å². The highest BCUT2D eigenvalue weighted by molar-refractivity contribution is 5.82. The Morgan fingerprint density at radius 1 is 1.25 bits per heavy atom. The van der Waals surface area contributed by atoms with E-state index in [1.165, 1.54) is 12.1 Å². The van der Waals surface area contributed by atoms with E-state index >= 15 is 0 Å². The number of carbonyl (C=O) groups excluding carboxylic acids is 1. The molecule has 0 bridgehead atoms. The van der Waals surface area contributed by atoms with Crippen LogP contribution in [0, 0.1) is 11.7 Å². The first-order chi connectivity index (χ1) is 11.7. The molecule has 1 heterocycles.